The zero-order valence-corrected chi connectivity index (χ0v) is 7.11. The summed E-state index contributed by atoms with van der Waals surface area (Å²) >= 11 is 0.602. The van der Waals surface area contributed by atoms with Gasteiger partial charge in [-0.25, -0.2) is 4.68 Å². The molecule has 0 fully saturated rings. The standard InChI is InChI=1S/C3H5N3O3S2/c1-6-2(4)10-3(5-6)11(7,8)9/h4H,1H3,(H,7,8,9). The van der Waals surface area contributed by atoms with Crippen molar-refractivity contribution in [3.8, 4) is 0 Å². The largest absolute Gasteiger partial charge is 0.323 e. The van der Waals surface area contributed by atoms with Crippen LogP contribution in [0.3, 0.4) is 0 Å². The van der Waals surface area contributed by atoms with E-state index >= 15 is 0 Å². The minimum absolute atomic E-state index is 0.0300. The molecule has 0 amide bonds. The molecule has 1 rings (SSSR count). The average molecular weight is 195 g/mol. The van der Waals surface area contributed by atoms with E-state index in [9.17, 15) is 8.42 Å². The van der Waals surface area contributed by atoms with Gasteiger partial charge in [0.2, 0.25) is 4.80 Å². The number of nitrogens with one attached hydrogen (secondary N) is 1. The lowest BCUT2D eigenvalue weighted by Crippen LogP contribution is -2.09. The van der Waals surface area contributed by atoms with Gasteiger partial charge in [0.25, 0.3) is 4.34 Å². The number of nitrogens with zero attached hydrogens (tertiary/aromatic N) is 2. The maximum absolute atomic E-state index is 10.4. The minimum Gasteiger partial charge on any atom is -0.280 e. The van der Waals surface area contributed by atoms with E-state index in [0.717, 1.165) is 4.68 Å². The fourth-order valence-electron chi connectivity index (χ4n) is 0.441. The van der Waals surface area contributed by atoms with Gasteiger partial charge < -0.3 is 0 Å². The van der Waals surface area contributed by atoms with Crippen molar-refractivity contribution in [2.75, 3.05) is 0 Å². The molecule has 2 N–H and O–H groups in total. The molecule has 0 aliphatic carbocycles. The SMILES string of the molecule is Cn1nc(S(=O)(=O)O)sc1=N. The molecule has 11 heavy (non-hydrogen) atoms. The van der Waals surface area contributed by atoms with Crippen molar-refractivity contribution >= 4 is 21.5 Å². The normalized spacial score (nSPS) is 11.8. The maximum atomic E-state index is 10.4. The highest BCUT2D eigenvalue weighted by atomic mass is 32.3. The summed E-state index contributed by atoms with van der Waals surface area (Å²) in [5.41, 5.74) is 0. The molecule has 0 saturated heterocycles. The van der Waals surface area contributed by atoms with Crippen molar-refractivity contribution in [2.24, 2.45) is 7.05 Å². The smallest absolute Gasteiger partial charge is 0.280 e. The molecule has 0 spiro atoms. The van der Waals surface area contributed by atoms with E-state index in [1.165, 1.54) is 7.05 Å². The van der Waals surface area contributed by atoms with Gasteiger partial charge in [-0.3, -0.25) is 9.96 Å². The monoisotopic (exact) mass is 195 g/mol. The van der Waals surface area contributed by atoms with Gasteiger partial charge in [0.1, 0.15) is 0 Å². The van der Waals surface area contributed by atoms with Gasteiger partial charge in [0, 0.05) is 7.05 Å². The summed E-state index contributed by atoms with van der Waals surface area (Å²) in [7, 11) is -2.81. The Morgan fingerprint density at radius 3 is 2.45 bits per heavy atom. The molecule has 1 heterocycles. The van der Waals surface area contributed by atoms with Crippen LogP contribution in [0.15, 0.2) is 4.34 Å². The van der Waals surface area contributed by atoms with Gasteiger partial charge >= 0.3 is 10.1 Å². The summed E-state index contributed by atoms with van der Waals surface area (Å²) in [5.74, 6) is 0. The van der Waals surface area contributed by atoms with E-state index in [1.54, 1.807) is 0 Å². The van der Waals surface area contributed by atoms with E-state index in [-0.39, 0.29) is 4.80 Å². The summed E-state index contributed by atoms with van der Waals surface area (Å²) in [6.45, 7) is 0. The quantitative estimate of drug-likeness (QED) is 0.574. The summed E-state index contributed by atoms with van der Waals surface area (Å²) in [6, 6.07) is 0. The van der Waals surface area contributed by atoms with E-state index < -0.39 is 14.5 Å². The van der Waals surface area contributed by atoms with Crippen molar-refractivity contribution < 1.29 is 13.0 Å². The van der Waals surface area contributed by atoms with Crippen LogP contribution >= 0.6 is 11.3 Å². The molecule has 0 atom stereocenters. The van der Waals surface area contributed by atoms with Crippen LogP contribution in [-0.2, 0) is 17.2 Å². The van der Waals surface area contributed by atoms with Crippen LogP contribution in [0.25, 0.3) is 0 Å². The lowest BCUT2D eigenvalue weighted by atomic mass is 11.2. The molecule has 0 saturated carbocycles. The van der Waals surface area contributed by atoms with Crippen molar-refractivity contribution in [1.29, 1.82) is 5.41 Å². The lowest BCUT2D eigenvalue weighted by Gasteiger charge is -1.84. The number of rotatable bonds is 1. The average Bonchev–Trinajstić information content (AvgIpc) is 2.11. The molecule has 6 nitrogen and oxygen atoms in total. The molecule has 62 valence electrons. The second-order valence-corrected chi connectivity index (χ2v) is 4.34. The molecule has 1 aromatic rings. The van der Waals surface area contributed by atoms with Crippen molar-refractivity contribution in [1.82, 2.24) is 9.78 Å². The summed E-state index contributed by atoms with van der Waals surface area (Å²) in [4.78, 5) is -0.0300. The summed E-state index contributed by atoms with van der Waals surface area (Å²) in [6.07, 6.45) is 0. The van der Waals surface area contributed by atoms with Gasteiger partial charge in [0.05, 0.1) is 0 Å². The van der Waals surface area contributed by atoms with Crippen LogP contribution < -0.4 is 4.80 Å². The Morgan fingerprint density at radius 2 is 2.27 bits per heavy atom. The zero-order chi connectivity index (χ0) is 8.65. The Bertz CT molecular complexity index is 413. The molecule has 0 aliphatic heterocycles. The Morgan fingerprint density at radius 1 is 1.73 bits per heavy atom. The van der Waals surface area contributed by atoms with Gasteiger partial charge in [0.15, 0.2) is 0 Å². The van der Waals surface area contributed by atoms with E-state index in [4.69, 9.17) is 9.96 Å². The van der Waals surface area contributed by atoms with Crippen molar-refractivity contribution in [3.05, 3.63) is 4.80 Å². The van der Waals surface area contributed by atoms with Crippen LogP contribution in [0.5, 0.6) is 0 Å². The molecular weight excluding hydrogens is 190 g/mol. The first kappa shape index (κ1) is 8.37. The third-order valence-corrected chi connectivity index (χ3v) is 3.05. The minimum atomic E-state index is -4.24. The molecule has 0 radical (unpaired) electrons. The van der Waals surface area contributed by atoms with Crippen molar-refractivity contribution in [3.63, 3.8) is 0 Å². The van der Waals surface area contributed by atoms with E-state index in [1.807, 2.05) is 0 Å². The molecule has 0 aromatic carbocycles. The van der Waals surface area contributed by atoms with Crippen LogP contribution in [0.2, 0.25) is 0 Å². The van der Waals surface area contributed by atoms with E-state index in [0.29, 0.717) is 11.3 Å². The first-order valence-corrected chi connectivity index (χ1v) is 4.73. The second kappa shape index (κ2) is 2.40. The topological polar surface area (TPSA) is 96.0 Å². The summed E-state index contributed by atoms with van der Waals surface area (Å²) in [5, 5.41) is 10.5. The predicted molar refractivity (Wildman–Crippen MR) is 36.8 cm³/mol. The Labute approximate surface area is 66.4 Å². The summed E-state index contributed by atoms with van der Waals surface area (Å²) < 4.78 is 29.9. The third-order valence-electron chi connectivity index (χ3n) is 0.930. The first-order chi connectivity index (χ1) is 4.91. The van der Waals surface area contributed by atoms with Crippen molar-refractivity contribution in [2.45, 2.75) is 4.34 Å². The van der Waals surface area contributed by atoms with E-state index in [2.05, 4.69) is 5.10 Å². The fraction of sp³-hybridized carbons (Fsp3) is 0.333. The van der Waals surface area contributed by atoms with Crippen LogP contribution in [0, 0.1) is 5.41 Å². The highest BCUT2D eigenvalue weighted by Crippen LogP contribution is 2.05. The Kier molecular flexibility index (Phi) is 1.82. The van der Waals surface area contributed by atoms with Gasteiger partial charge in [-0.15, -0.1) is 5.10 Å². The van der Waals surface area contributed by atoms with Crippen LogP contribution in [-0.4, -0.2) is 22.8 Å². The lowest BCUT2D eigenvalue weighted by molar-refractivity contribution is 0.479. The van der Waals surface area contributed by atoms with Crippen LogP contribution in [0.1, 0.15) is 0 Å². The number of hydrogen-bond acceptors (Lipinski definition) is 5. The van der Waals surface area contributed by atoms with Gasteiger partial charge in [-0.1, -0.05) is 11.3 Å². The predicted octanol–water partition coefficient (Wildman–Crippen LogP) is -0.792. The number of hydrogen-bond donors (Lipinski definition) is 2. The highest BCUT2D eigenvalue weighted by molar-refractivity contribution is 7.87. The van der Waals surface area contributed by atoms with Crippen LogP contribution in [0.4, 0.5) is 0 Å². The molecular formula is C3H5N3O3S2. The fourth-order valence-corrected chi connectivity index (χ4v) is 1.83. The maximum Gasteiger partial charge on any atom is 0.323 e. The Balaban J connectivity index is 3.41. The second-order valence-electron chi connectivity index (χ2n) is 1.77. The number of aromatic nitrogens is 2. The molecule has 0 aliphatic rings. The Hall–Kier alpha value is -0.730. The molecule has 0 unspecified atom stereocenters. The molecule has 1 aromatic heterocycles. The zero-order valence-electron chi connectivity index (χ0n) is 5.47. The molecule has 0 bridgehead atoms. The highest BCUT2D eigenvalue weighted by Gasteiger charge is 2.14. The number of aryl methyl sites for hydroxylation is 1. The molecule has 8 heteroatoms. The first-order valence-electron chi connectivity index (χ1n) is 2.47. The third kappa shape index (κ3) is 1.64. The van der Waals surface area contributed by atoms with Gasteiger partial charge in [-0.05, 0) is 0 Å². The van der Waals surface area contributed by atoms with Gasteiger partial charge in [-0.2, -0.15) is 8.42 Å².